The van der Waals surface area contributed by atoms with Gasteiger partial charge in [0.1, 0.15) is 0 Å². The van der Waals surface area contributed by atoms with Gasteiger partial charge in [0.05, 0.1) is 0 Å². The monoisotopic (exact) mass is 245 g/mol. The summed E-state index contributed by atoms with van der Waals surface area (Å²) in [4.78, 5) is 10.5. The molecular formula is C11H13F2NO3. The predicted molar refractivity (Wildman–Crippen MR) is 56.9 cm³/mol. The molecule has 6 heteroatoms. The molecule has 0 fully saturated rings. The van der Waals surface area contributed by atoms with Crippen LogP contribution < -0.4 is 10.5 Å². The van der Waals surface area contributed by atoms with Crippen molar-refractivity contribution >= 4 is 6.09 Å². The van der Waals surface area contributed by atoms with Crippen LogP contribution in [-0.4, -0.2) is 11.2 Å². The van der Waals surface area contributed by atoms with Crippen LogP contribution in [0, 0.1) is 11.6 Å². The minimum atomic E-state index is -1.26. The largest absolute Gasteiger partial charge is 0.505 e. The van der Waals surface area contributed by atoms with Crippen LogP contribution in [0.15, 0.2) is 6.07 Å². The number of aromatic hydroxyl groups is 1. The molecule has 0 spiro atoms. The van der Waals surface area contributed by atoms with Crippen LogP contribution >= 0.6 is 0 Å². The molecule has 0 heterocycles. The van der Waals surface area contributed by atoms with Gasteiger partial charge in [0.25, 0.3) is 0 Å². The summed E-state index contributed by atoms with van der Waals surface area (Å²) in [5, 5.41) is 9.49. The molecule has 0 aliphatic rings. The van der Waals surface area contributed by atoms with Gasteiger partial charge in [-0.3, -0.25) is 0 Å². The third-order valence-corrected chi connectivity index (χ3v) is 2.12. The second-order valence-electron chi connectivity index (χ2n) is 4.57. The first kappa shape index (κ1) is 13.2. The smallest absolute Gasteiger partial charge is 0.410 e. The number of halogens is 2. The van der Waals surface area contributed by atoms with Gasteiger partial charge in [-0.25, -0.2) is 13.6 Å². The van der Waals surface area contributed by atoms with Gasteiger partial charge in [0.15, 0.2) is 23.1 Å². The van der Waals surface area contributed by atoms with E-state index in [9.17, 15) is 18.7 Å². The van der Waals surface area contributed by atoms with Gasteiger partial charge >= 0.3 is 6.09 Å². The first-order chi connectivity index (χ1) is 7.64. The molecule has 94 valence electrons. The van der Waals surface area contributed by atoms with Gasteiger partial charge in [0.2, 0.25) is 0 Å². The van der Waals surface area contributed by atoms with E-state index in [4.69, 9.17) is 5.73 Å². The van der Waals surface area contributed by atoms with Crippen LogP contribution in [0.3, 0.4) is 0 Å². The van der Waals surface area contributed by atoms with Crippen molar-refractivity contribution in [2.75, 3.05) is 0 Å². The molecule has 0 saturated carbocycles. The molecule has 1 amide bonds. The van der Waals surface area contributed by atoms with Crippen molar-refractivity contribution in [3.63, 3.8) is 0 Å². The quantitative estimate of drug-likeness (QED) is 0.798. The summed E-state index contributed by atoms with van der Waals surface area (Å²) in [5.41, 5.74) is 3.60. The molecule has 17 heavy (non-hydrogen) atoms. The van der Waals surface area contributed by atoms with Crippen molar-refractivity contribution in [3.8, 4) is 11.5 Å². The maximum Gasteiger partial charge on any atom is 0.410 e. The fourth-order valence-corrected chi connectivity index (χ4v) is 1.46. The number of carbonyl (C=O) groups is 1. The maximum atomic E-state index is 13.9. The summed E-state index contributed by atoms with van der Waals surface area (Å²) < 4.78 is 31.6. The summed E-state index contributed by atoms with van der Waals surface area (Å²) in [5.74, 6) is -3.52. The Bertz CT molecular complexity index is 467. The number of ether oxygens (including phenoxy) is 1. The number of phenolic OH excluding ortho intramolecular Hbond substituents is 1. The maximum absolute atomic E-state index is 13.9. The van der Waals surface area contributed by atoms with E-state index in [-0.39, 0.29) is 5.56 Å². The van der Waals surface area contributed by atoms with Gasteiger partial charge < -0.3 is 15.6 Å². The summed E-state index contributed by atoms with van der Waals surface area (Å²) in [6.07, 6.45) is -1.26. The van der Waals surface area contributed by atoms with E-state index in [1.165, 1.54) is 0 Å². The van der Waals surface area contributed by atoms with Crippen molar-refractivity contribution in [2.24, 2.45) is 5.73 Å². The molecule has 3 N–H and O–H groups in total. The molecule has 0 radical (unpaired) electrons. The van der Waals surface area contributed by atoms with E-state index in [2.05, 4.69) is 4.74 Å². The zero-order chi connectivity index (χ0) is 13.4. The van der Waals surface area contributed by atoms with E-state index in [1.807, 2.05) is 0 Å². The van der Waals surface area contributed by atoms with E-state index in [0.29, 0.717) is 6.07 Å². The average Bonchev–Trinajstić information content (AvgIpc) is 2.11. The summed E-state index contributed by atoms with van der Waals surface area (Å²) >= 11 is 0. The predicted octanol–water partition coefficient (Wildman–Crippen LogP) is 2.43. The lowest BCUT2D eigenvalue weighted by atomic mass is 9.85. The van der Waals surface area contributed by atoms with Crippen LogP contribution in [0.25, 0.3) is 0 Å². The van der Waals surface area contributed by atoms with Crippen molar-refractivity contribution in [1.82, 2.24) is 0 Å². The highest BCUT2D eigenvalue weighted by molar-refractivity contribution is 5.68. The Morgan fingerprint density at radius 3 is 2.35 bits per heavy atom. The Morgan fingerprint density at radius 1 is 1.41 bits per heavy atom. The van der Waals surface area contributed by atoms with Crippen LogP contribution in [0.4, 0.5) is 13.6 Å². The summed E-state index contributed by atoms with van der Waals surface area (Å²) in [6, 6.07) is 0.574. The molecule has 4 nitrogen and oxygen atoms in total. The fourth-order valence-electron chi connectivity index (χ4n) is 1.46. The van der Waals surface area contributed by atoms with E-state index < -0.39 is 34.6 Å². The summed E-state index contributed by atoms with van der Waals surface area (Å²) in [6.45, 7) is 4.75. The third-order valence-electron chi connectivity index (χ3n) is 2.12. The highest BCUT2D eigenvalue weighted by atomic mass is 19.1. The number of hydrogen-bond donors (Lipinski definition) is 2. The lowest BCUT2D eigenvalue weighted by molar-refractivity contribution is 0.208. The first-order valence-corrected chi connectivity index (χ1v) is 4.83. The van der Waals surface area contributed by atoms with Crippen LogP contribution in [0.5, 0.6) is 11.5 Å². The van der Waals surface area contributed by atoms with Gasteiger partial charge in [-0.2, -0.15) is 0 Å². The van der Waals surface area contributed by atoms with E-state index >= 15 is 0 Å². The minimum Gasteiger partial charge on any atom is -0.505 e. The SMILES string of the molecule is CC(C)(C)c1c(O)c(F)cc(OC(N)=O)c1F. The van der Waals surface area contributed by atoms with Crippen molar-refractivity contribution in [2.45, 2.75) is 26.2 Å². The Hall–Kier alpha value is -1.85. The molecule has 1 aromatic rings. The van der Waals surface area contributed by atoms with Crippen LogP contribution in [0.1, 0.15) is 26.3 Å². The number of carbonyl (C=O) groups excluding carboxylic acids is 1. The van der Waals surface area contributed by atoms with Crippen LogP contribution in [0.2, 0.25) is 0 Å². The fraction of sp³-hybridized carbons (Fsp3) is 0.364. The normalized spacial score (nSPS) is 11.4. The lowest BCUT2D eigenvalue weighted by Crippen LogP contribution is -2.20. The van der Waals surface area contributed by atoms with Gasteiger partial charge in [-0.15, -0.1) is 0 Å². The third kappa shape index (κ3) is 2.64. The number of nitrogens with two attached hydrogens (primary N) is 1. The Morgan fingerprint density at radius 2 is 1.94 bits per heavy atom. The highest BCUT2D eigenvalue weighted by Crippen LogP contribution is 2.39. The molecule has 1 aromatic carbocycles. The molecule has 0 atom stereocenters. The number of benzene rings is 1. The molecular weight excluding hydrogens is 232 g/mol. The molecule has 0 saturated heterocycles. The van der Waals surface area contributed by atoms with Crippen molar-refractivity contribution in [1.29, 1.82) is 0 Å². The summed E-state index contributed by atoms with van der Waals surface area (Å²) in [7, 11) is 0. The van der Waals surface area contributed by atoms with Gasteiger partial charge in [-0.05, 0) is 5.41 Å². The van der Waals surface area contributed by atoms with E-state index in [0.717, 1.165) is 0 Å². The molecule has 1 rings (SSSR count). The van der Waals surface area contributed by atoms with Crippen molar-refractivity contribution < 1.29 is 23.4 Å². The zero-order valence-corrected chi connectivity index (χ0v) is 9.67. The Labute approximate surface area is 97.0 Å². The standard InChI is InChI=1S/C11H13F2NO3/c1-11(2,3)7-8(13)6(17-10(14)16)4-5(12)9(7)15/h4,15H,1-3H3,(H2,14,16). The highest BCUT2D eigenvalue weighted by Gasteiger charge is 2.28. The first-order valence-electron chi connectivity index (χ1n) is 4.83. The van der Waals surface area contributed by atoms with Gasteiger partial charge in [-0.1, -0.05) is 20.8 Å². The number of amides is 1. The topological polar surface area (TPSA) is 72.6 Å². The second kappa shape index (κ2) is 4.20. The Kier molecular flexibility index (Phi) is 3.26. The van der Waals surface area contributed by atoms with E-state index in [1.54, 1.807) is 20.8 Å². The minimum absolute atomic E-state index is 0.270. The van der Waals surface area contributed by atoms with Crippen LogP contribution in [-0.2, 0) is 5.41 Å². The average molecular weight is 245 g/mol. The number of hydrogen-bond acceptors (Lipinski definition) is 3. The molecule has 0 aliphatic carbocycles. The zero-order valence-electron chi connectivity index (χ0n) is 9.67. The molecule has 0 bridgehead atoms. The number of rotatable bonds is 1. The molecule has 0 aliphatic heterocycles. The number of primary amides is 1. The second-order valence-corrected chi connectivity index (χ2v) is 4.57. The Balaban J connectivity index is 3.48. The lowest BCUT2D eigenvalue weighted by Gasteiger charge is -2.22. The molecule has 0 aromatic heterocycles. The van der Waals surface area contributed by atoms with Gasteiger partial charge in [0, 0.05) is 11.6 Å². The number of phenols is 1. The molecule has 0 unspecified atom stereocenters. The van der Waals surface area contributed by atoms with Crippen molar-refractivity contribution in [3.05, 3.63) is 23.3 Å².